The van der Waals surface area contributed by atoms with Crippen LogP contribution in [0.25, 0.3) is 0 Å². The molecule has 1 atom stereocenters. The molecule has 0 saturated heterocycles. The van der Waals surface area contributed by atoms with E-state index >= 15 is 0 Å². The molecule has 0 aliphatic carbocycles. The van der Waals surface area contributed by atoms with Gasteiger partial charge in [0.2, 0.25) is 0 Å². The van der Waals surface area contributed by atoms with Crippen LogP contribution in [0.15, 0.2) is 36.9 Å². The third-order valence-electron chi connectivity index (χ3n) is 1.92. The maximum Gasteiger partial charge on any atom is 0.325 e. The summed E-state index contributed by atoms with van der Waals surface area (Å²) in [6, 6.07) is 5.35. The van der Waals surface area contributed by atoms with Crippen LogP contribution in [0.2, 0.25) is 0 Å². The summed E-state index contributed by atoms with van der Waals surface area (Å²) in [5.41, 5.74) is 0.518. The van der Waals surface area contributed by atoms with Crippen LogP contribution in [-0.2, 0) is 4.79 Å². The molecule has 0 aliphatic rings. The first kappa shape index (κ1) is 11.3. The SMILES string of the molecule is C=CCNC(C(=O)O)c1cccc(O)c1. The number of nitrogens with one attached hydrogen (secondary N) is 1. The Hall–Kier alpha value is -1.81. The smallest absolute Gasteiger partial charge is 0.325 e. The topological polar surface area (TPSA) is 69.6 Å². The second-order valence-electron chi connectivity index (χ2n) is 3.06. The number of carboxylic acid groups (broad SMARTS) is 1. The molecule has 0 aliphatic heterocycles. The van der Waals surface area contributed by atoms with Gasteiger partial charge in [-0.15, -0.1) is 6.58 Å². The Kier molecular flexibility index (Phi) is 3.88. The van der Waals surface area contributed by atoms with Gasteiger partial charge in [0.15, 0.2) is 0 Å². The third kappa shape index (κ3) is 3.11. The van der Waals surface area contributed by atoms with E-state index in [1.807, 2.05) is 0 Å². The van der Waals surface area contributed by atoms with E-state index in [4.69, 9.17) is 5.11 Å². The molecule has 0 saturated carbocycles. The van der Waals surface area contributed by atoms with Gasteiger partial charge < -0.3 is 10.2 Å². The number of hydrogen-bond acceptors (Lipinski definition) is 3. The highest BCUT2D eigenvalue weighted by Gasteiger charge is 2.18. The van der Waals surface area contributed by atoms with Gasteiger partial charge in [0.1, 0.15) is 11.8 Å². The number of hydrogen-bond donors (Lipinski definition) is 3. The first-order valence-corrected chi connectivity index (χ1v) is 4.51. The standard InChI is InChI=1S/C11H13NO3/c1-2-6-12-10(11(14)15)8-4-3-5-9(13)7-8/h2-5,7,10,12-13H,1,6H2,(H,14,15). The van der Waals surface area contributed by atoms with Crippen molar-refractivity contribution in [2.75, 3.05) is 6.54 Å². The van der Waals surface area contributed by atoms with E-state index in [0.29, 0.717) is 12.1 Å². The van der Waals surface area contributed by atoms with Gasteiger partial charge in [0, 0.05) is 6.54 Å². The molecule has 0 heterocycles. The van der Waals surface area contributed by atoms with E-state index < -0.39 is 12.0 Å². The van der Waals surface area contributed by atoms with Crippen molar-refractivity contribution in [2.24, 2.45) is 0 Å². The summed E-state index contributed by atoms with van der Waals surface area (Å²) in [4.78, 5) is 10.9. The van der Waals surface area contributed by atoms with E-state index in [2.05, 4.69) is 11.9 Å². The second-order valence-corrected chi connectivity index (χ2v) is 3.06. The first-order chi connectivity index (χ1) is 7.15. The van der Waals surface area contributed by atoms with Crippen molar-refractivity contribution in [1.29, 1.82) is 0 Å². The Bertz CT molecular complexity index is 363. The summed E-state index contributed by atoms with van der Waals surface area (Å²) in [7, 11) is 0. The van der Waals surface area contributed by atoms with Crippen LogP contribution >= 0.6 is 0 Å². The van der Waals surface area contributed by atoms with Crippen LogP contribution in [0.3, 0.4) is 0 Å². The molecule has 3 N–H and O–H groups in total. The van der Waals surface area contributed by atoms with Gasteiger partial charge in [-0.3, -0.25) is 10.1 Å². The molecular weight excluding hydrogens is 194 g/mol. The lowest BCUT2D eigenvalue weighted by atomic mass is 10.1. The second kappa shape index (κ2) is 5.17. The fourth-order valence-electron chi connectivity index (χ4n) is 1.25. The fourth-order valence-corrected chi connectivity index (χ4v) is 1.25. The van der Waals surface area contributed by atoms with Crippen molar-refractivity contribution in [3.8, 4) is 5.75 Å². The lowest BCUT2D eigenvalue weighted by Crippen LogP contribution is -2.28. The molecule has 1 rings (SSSR count). The number of aromatic hydroxyl groups is 1. The average molecular weight is 207 g/mol. The predicted octanol–water partition coefficient (Wildman–Crippen LogP) is 1.29. The molecule has 4 heteroatoms. The summed E-state index contributed by atoms with van der Waals surface area (Å²) in [6.07, 6.45) is 1.58. The molecule has 15 heavy (non-hydrogen) atoms. The van der Waals surface area contributed by atoms with E-state index in [-0.39, 0.29) is 5.75 Å². The van der Waals surface area contributed by atoms with Gasteiger partial charge in [0.05, 0.1) is 0 Å². The zero-order valence-electron chi connectivity index (χ0n) is 8.18. The predicted molar refractivity (Wildman–Crippen MR) is 56.7 cm³/mol. The number of aliphatic carboxylic acids is 1. The van der Waals surface area contributed by atoms with Crippen LogP contribution in [0.1, 0.15) is 11.6 Å². The molecule has 0 radical (unpaired) electrons. The lowest BCUT2D eigenvalue weighted by molar-refractivity contribution is -0.139. The number of carbonyl (C=O) groups is 1. The van der Waals surface area contributed by atoms with E-state index in [1.165, 1.54) is 12.1 Å². The van der Waals surface area contributed by atoms with Crippen LogP contribution in [0.5, 0.6) is 5.75 Å². The molecule has 0 bridgehead atoms. The van der Waals surface area contributed by atoms with Gasteiger partial charge in [-0.25, -0.2) is 0 Å². The number of benzene rings is 1. The average Bonchev–Trinajstić information content (AvgIpc) is 2.18. The van der Waals surface area contributed by atoms with Crippen molar-refractivity contribution in [2.45, 2.75) is 6.04 Å². The zero-order chi connectivity index (χ0) is 11.3. The van der Waals surface area contributed by atoms with Crippen LogP contribution in [-0.4, -0.2) is 22.7 Å². The molecule has 0 fully saturated rings. The summed E-state index contributed by atoms with van der Waals surface area (Å²) in [5.74, 6) is -0.929. The highest BCUT2D eigenvalue weighted by atomic mass is 16.4. The maximum absolute atomic E-state index is 10.9. The highest BCUT2D eigenvalue weighted by molar-refractivity contribution is 5.75. The Morgan fingerprint density at radius 2 is 2.33 bits per heavy atom. The van der Waals surface area contributed by atoms with Gasteiger partial charge >= 0.3 is 5.97 Å². The van der Waals surface area contributed by atoms with Crippen LogP contribution in [0.4, 0.5) is 0 Å². The van der Waals surface area contributed by atoms with Gasteiger partial charge in [-0.1, -0.05) is 18.2 Å². The van der Waals surface area contributed by atoms with E-state index in [1.54, 1.807) is 18.2 Å². The fraction of sp³-hybridized carbons (Fsp3) is 0.182. The van der Waals surface area contributed by atoms with Crippen molar-refractivity contribution < 1.29 is 15.0 Å². The Morgan fingerprint density at radius 3 is 2.87 bits per heavy atom. The minimum Gasteiger partial charge on any atom is -0.508 e. The molecule has 1 unspecified atom stereocenters. The summed E-state index contributed by atoms with van der Waals surface area (Å²) in [6.45, 7) is 3.89. The maximum atomic E-state index is 10.9. The normalized spacial score (nSPS) is 12.0. The summed E-state index contributed by atoms with van der Waals surface area (Å²) in [5, 5.41) is 21.0. The Labute approximate surface area is 87.9 Å². The lowest BCUT2D eigenvalue weighted by Gasteiger charge is -2.13. The number of rotatable bonds is 5. The third-order valence-corrected chi connectivity index (χ3v) is 1.92. The highest BCUT2D eigenvalue weighted by Crippen LogP contribution is 2.18. The van der Waals surface area contributed by atoms with Gasteiger partial charge in [-0.2, -0.15) is 0 Å². The summed E-state index contributed by atoms with van der Waals surface area (Å²) >= 11 is 0. The van der Waals surface area contributed by atoms with Crippen molar-refractivity contribution in [1.82, 2.24) is 5.32 Å². The molecule has 0 aromatic heterocycles. The Morgan fingerprint density at radius 1 is 1.60 bits per heavy atom. The summed E-state index contributed by atoms with van der Waals surface area (Å²) < 4.78 is 0. The molecule has 4 nitrogen and oxygen atoms in total. The van der Waals surface area contributed by atoms with Crippen molar-refractivity contribution in [3.05, 3.63) is 42.5 Å². The molecule has 1 aromatic rings. The zero-order valence-corrected chi connectivity index (χ0v) is 8.18. The Balaban J connectivity index is 2.88. The number of phenols is 1. The minimum absolute atomic E-state index is 0.0548. The van der Waals surface area contributed by atoms with Crippen LogP contribution < -0.4 is 5.32 Å². The van der Waals surface area contributed by atoms with E-state index in [0.717, 1.165) is 0 Å². The number of phenolic OH excluding ortho intramolecular Hbond substituents is 1. The van der Waals surface area contributed by atoms with Crippen molar-refractivity contribution in [3.63, 3.8) is 0 Å². The van der Waals surface area contributed by atoms with Gasteiger partial charge in [-0.05, 0) is 17.7 Å². The van der Waals surface area contributed by atoms with E-state index in [9.17, 15) is 9.90 Å². The molecule has 0 spiro atoms. The van der Waals surface area contributed by atoms with Gasteiger partial charge in [0.25, 0.3) is 0 Å². The number of carboxylic acids is 1. The molecule has 80 valence electrons. The quantitative estimate of drug-likeness (QED) is 0.636. The molecule has 0 amide bonds. The minimum atomic E-state index is -0.984. The first-order valence-electron chi connectivity index (χ1n) is 4.51. The monoisotopic (exact) mass is 207 g/mol. The largest absolute Gasteiger partial charge is 0.508 e. The molecular formula is C11H13NO3. The van der Waals surface area contributed by atoms with Crippen LogP contribution in [0, 0.1) is 0 Å². The van der Waals surface area contributed by atoms with Crippen molar-refractivity contribution >= 4 is 5.97 Å². The molecule has 1 aromatic carbocycles.